The van der Waals surface area contributed by atoms with Crippen molar-refractivity contribution in [1.29, 1.82) is 0 Å². The highest BCUT2D eigenvalue weighted by Crippen LogP contribution is 2.55. The molecule has 0 atom stereocenters. The summed E-state index contributed by atoms with van der Waals surface area (Å²) in [7, 11) is 0. The topological polar surface area (TPSA) is 56.1 Å². The van der Waals surface area contributed by atoms with Crippen molar-refractivity contribution in [3.63, 3.8) is 0 Å². The highest BCUT2D eigenvalue weighted by Gasteiger charge is 2.51. The molecule has 1 N–H and O–H groups in total. The van der Waals surface area contributed by atoms with Crippen molar-refractivity contribution >= 4 is 5.91 Å². The normalized spacial score (nSPS) is 30.4. The summed E-state index contributed by atoms with van der Waals surface area (Å²) in [5.41, 5.74) is 2.82. The van der Waals surface area contributed by atoms with E-state index in [0.29, 0.717) is 12.4 Å². The molecule has 5 nitrogen and oxygen atoms in total. The van der Waals surface area contributed by atoms with Crippen LogP contribution in [0.1, 0.15) is 60.1 Å². The summed E-state index contributed by atoms with van der Waals surface area (Å²) in [6, 6.07) is 7.91. The molecule has 0 spiro atoms. The van der Waals surface area contributed by atoms with Crippen LogP contribution >= 0.6 is 0 Å². The number of aryl methyl sites for hydroxylation is 2. The average Bonchev–Trinajstić information content (AvgIpc) is 3.08. The van der Waals surface area contributed by atoms with Crippen molar-refractivity contribution < 1.29 is 9.53 Å². The molecule has 148 valence electrons. The summed E-state index contributed by atoms with van der Waals surface area (Å²) < 4.78 is 7.56. The molecule has 1 amide bonds. The van der Waals surface area contributed by atoms with Gasteiger partial charge in [-0.2, -0.15) is 5.10 Å². The molecular weight excluding hydrogens is 350 g/mol. The van der Waals surface area contributed by atoms with Gasteiger partial charge in [0, 0.05) is 11.7 Å². The van der Waals surface area contributed by atoms with E-state index in [0.717, 1.165) is 48.3 Å². The van der Waals surface area contributed by atoms with E-state index in [1.165, 1.54) is 24.8 Å². The molecule has 4 saturated carbocycles. The number of carbonyl (C=O) groups is 1. The number of nitrogens with one attached hydrogen (secondary N) is 1. The second-order valence-electron chi connectivity index (χ2n) is 9.43. The number of ether oxygens (including phenoxy) is 1. The summed E-state index contributed by atoms with van der Waals surface area (Å²) >= 11 is 0. The van der Waals surface area contributed by atoms with Crippen molar-refractivity contribution in [2.75, 3.05) is 0 Å². The number of rotatable bonds is 5. The Morgan fingerprint density at radius 3 is 2.46 bits per heavy atom. The van der Waals surface area contributed by atoms with Gasteiger partial charge in [-0.3, -0.25) is 4.79 Å². The van der Waals surface area contributed by atoms with Crippen LogP contribution in [0.2, 0.25) is 0 Å². The molecular formula is C23H29N3O2. The SMILES string of the molecule is Cc1ccc(OCn2ccc(C(=O)NC34CC5CC(CC(C5)C3)C4)n2)c(C)c1. The third-order valence-corrected chi connectivity index (χ3v) is 6.97. The minimum atomic E-state index is -0.0350. The lowest BCUT2D eigenvalue weighted by Crippen LogP contribution is -2.59. The van der Waals surface area contributed by atoms with Gasteiger partial charge < -0.3 is 10.1 Å². The van der Waals surface area contributed by atoms with E-state index in [2.05, 4.69) is 23.4 Å². The number of nitrogens with zero attached hydrogens (tertiary/aromatic N) is 2. The number of benzene rings is 1. The van der Waals surface area contributed by atoms with Crippen LogP contribution < -0.4 is 10.1 Å². The molecule has 5 heteroatoms. The summed E-state index contributed by atoms with van der Waals surface area (Å²) in [5, 5.41) is 7.84. The fourth-order valence-corrected chi connectivity index (χ4v) is 6.22. The minimum absolute atomic E-state index is 0.0190. The van der Waals surface area contributed by atoms with E-state index >= 15 is 0 Å². The number of hydrogen-bond acceptors (Lipinski definition) is 3. The Labute approximate surface area is 166 Å². The van der Waals surface area contributed by atoms with Crippen molar-refractivity contribution in [1.82, 2.24) is 15.1 Å². The van der Waals surface area contributed by atoms with E-state index in [1.54, 1.807) is 10.7 Å². The van der Waals surface area contributed by atoms with Crippen LogP contribution in [0, 0.1) is 31.6 Å². The van der Waals surface area contributed by atoms with Gasteiger partial charge in [0.25, 0.3) is 5.91 Å². The van der Waals surface area contributed by atoms with E-state index in [4.69, 9.17) is 4.74 Å². The zero-order valence-corrected chi connectivity index (χ0v) is 16.8. The van der Waals surface area contributed by atoms with E-state index in [9.17, 15) is 4.79 Å². The molecule has 2 aromatic rings. The molecule has 28 heavy (non-hydrogen) atoms. The van der Waals surface area contributed by atoms with Crippen LogP contribution in [0.3, 0.4) is 0 Å². The fourth-order valence-electron chi connectivity index (χ4n) is 6.22. The van der Waals surface area contributed by atoms with Crippen LogP contribution in [-0.2, 0) is 6.73 Å². The highest BCUT2D eigenvalue weighted by atomic mass is 16.5. The summed E-state index contributed by atoms with van der Waals surface area (Å²) in [6.45, 7) is 4.41. The van der Waals surface area contributed by atoms with Crippen molar-refractivity contribution in [2.45, 2.75) is 64.6 Å². The number of amides is 1. The lowest BCUT2D eigenvalue weighted by Gasteiger charge is -2.56. The zero-order valence-electron chi connectivity index (χ0n) is 16.8. The van der Waals surface area contributed by atoms with Gasteiger partial charge in [-0.05, 0) is 87.8 Å². The van der Waals surface area contributed by atoms with Crippen LogP contribution in [0.4, 0.5) is 0 Å². The van der Waals surface area contributed by atoms with Gasteiger partial charge in [0.05, 0.1) is 0 Å². The smallest absolute Gasteiger partial charge is 0.272 e. The standard InChI is InChI=1S/C23H29N3O2/c1-15-3-4-21(16(2)7-15)28-14-26-6-5-20(25-26)22(27)24-23-11-17-8-18(12-23)10-19(9-17)13-23/h3-7,17-19H,8-14H2,1-2H3,(H,24,27). The van der Waals surface area contributed by atoms with E-state index < -0.39 is 0 Å². The molecule has 1 aromatic carbocycles. The molecule has 4 aliphatic rings. The second kappa shape index (κ2) is 6.64. The predicted octanol–water partition coefficient (Wildman–Crippen LogP) is 4.24. The van der Waals surface area contributed by atoms with Gasteiger partial charge in [0.1, 0.15) is 11.4 Å². The molecule has 0 radical (unpaired) electrons. The van der Waals surface area contributed by atoms with Gasteiger partial charge >= 0.3 is 0 Å². The van der Waals surface area contributed by atoms with Gasteiger partial charge in [0.2, 0.25) is 0 Å². The first-order chi connectivity index (χ1) is 13.5. The zero-order chi connectivity index (χ0) is 19.3. The minimum Gasteiger partial charge on any atom is -0.471 e. The van der Waals surface area contributed by atoms with Crippen LogP contribution in [0.25, 0.3) is 0 Å². The lowest BCUT2D eigenvalue weighted by atomic mass is 9.53. The largest absolute Gasteiger partial charge is 0.471 e. The third kappa shape index (κ3) is 3.31. The first-order valence-corrected chi connectivity index (χ1v) is 10.5. The Kier molecular flexibility index (Phi) is 4.22. The molecule has 0 saturated heterocycles. The monoisotopic (exact) mass is 379 g/mol. The third-order valence-electron chi connectivity index (χ3n) is 6.97. The maximum absolute atomic E-state index is 12.9. The van der Waals surface area contributed by atoms with Gasteiger partial charge in [-0.15, -0.1) is 0 Å². The Balaban J connectivity index is 1.23. The molecule has 6 rings (SSSR count). The lowest BCUT2D eigenvalue weighted by molar-refractivity contribution is -0.0168. The van der Waals surface area contributed by atoms with Crippen LogP contribution in [-0.4, -0.2) is 21.2 Å². The molecule has 4 fully saturated rings. The second-order valence-corrected chi connectivity index (χ2v) is 9.43. The van der Waals surface area contributed by atoms with E-state index in [-0.39, 0.29) is 11.4 Å². The Morgan fingerprint density at radius 2 is 1.82 bits per heavy atom. The first-order valence-electron chi connectivity index (χ1n) is 10.5. The van der Waals surface area contributed by atoms with Gasteiger partial charge in [-0.25, -0.2) is 4.68 Å². The summed E-state index contributed by atoms with van der Waals surface area (Å²) in [6.07, 6.45) is 9.40. The molecule has 0 aliphatic heterocycles. The summed E-state index contributed by atoms with van der Waals surface area (Å²) in [4.78, 5) is 12.9. The van der Waals surface area contributed by atoms with Crippen LogP contribution in [0.5, 0.6) is 5.75 Å². The first kappa shape index (κ1) is 17.8. The molecule has 1 heterocycles. The van der Waals surface area contributed by atoms with Gasteiger partial charge in [0.15, 0.2) is 6.73 Å². The molecule has 1 aromatic heterocycles. The van der Waals surface area contributed by atoms with Crippen molar-refractivity contribution in [3.05, 3.63) is 47.3 Å². The number of hydrogen-bond donors (Lipinski definition) is 1. The Morgan fingerprint density at radius 1 is 1.14 bits per heavy atom. The van der Waals surface area contributed by atoms with Gasteiger partial charge in [-0.1, -0.05) is 17.7 Å². The van der Waals surface area contributed by atoms with Crippen LogP contribution in [0.15, 0.2) is 30.5 Å². The Bertz CT molecular complexity index is 866. The number of aromatic nitrogens is 2. The Hall–Kier alpha value is -2.30. The maximum atomic E-state index is 12.9. The maximum Gasteiger partial charge on any atom is 0.272 e. The average molecular weight is 380 g/mol. The summed E-state index contributed by atoms with van der Waals surface area (Å²) in [5.74, 6) is 3.26. The van der Waals surface area contributed by atoms with Crippen molar-refractivity contribution in [3.8, 4) is 5.75 Å². The predicted molar refractivity (Wildman–Crippen MR) is 107 cm³/mol. The molecule has 4 aliphatic carbocycles. The quantitative estimate of drug-likeness (QED) is 0.846. The number of carbonyl (C=O) groups excluding carboxylic acids is 1. The molecule has 0 unspecified atom stereocenters. The molecule has 4 bridgehead atoms. The van der Waals surface area contributed by atoms with Crippen molar-refractivity contribution in [2.24, 2.45) is 17.8 Å². The highest BCUT2D eigenvalue weighted by molar-refractivity contribution is 5.92. The van der Waals surface area contributed by atoms with E-state index in [1.807, 2.05) is 25.3 Å². The fraction of sp³-hybridized carbons (Fsp3) is 0.565.